The molecule has 104 valence electrons. The minimum absolute atomic E-state index is 0.201. The molecule has 0 aliphatic carbocycles. The largest absolute Gasteiger partial charge is 0.396 e. The minimum Gasteiger partial charge on any atom is -0.396 e. The molecule has 1 unspecified atom stereocenters. The van der Waals surface area contributed by atoms with Crippen molar-refractivity contribution < 1.29 is 5.11 Å². The van der Waals surface area contributed by atoms with E-state index in [0.717, 1.165) is 17.9 Å². The summed E-state index contributed by atoms with van der Waals surface area (Å²) in [6.07, 6.45) is 5.97. The topological polar surface area (TPSA) is 20.2 Å². The van der Waals surface area contributed by atoms with Crippen molar-refractivity contribution in [1.29, 1.82) is 0 Å². The average Bonchev–Trinajstić information content (AvgIpc) is 2.48. The van der Waals surface area contributed by atoms with Gasteiger partial charge in [0.2, 0.25) is 0 Å². The molecule has 0 amide bonds. The Balaban J connectivity index is 2.02. The number of aliphatic hydroxyl groups is 1. The summed E-state index contributed by atoms with van der Waals surface area (Å²) in [6, 6.07) is 18.1. The zero-order chi connectivity index (χ0) is 14.2. The molecule has 0 aromatic heterocycles. The van der Waals surface area contributed by atoms with Crippen LogP contribution < -0.4 is 0 Å². The molecule has 2 aromatic rings. The van der Waals surface area contributed by atoms with Crippen LogP contribution in [0.1, 0.15) is 29.9 Å². The monoisotopic (exact) mass is 286 g/mol. The van der Waals surface area contributed by atoms with Crippen LogP contribution in [0.4, 0.5) is 0 Å². The number of halogens is 1. The van der Waals surface area contributed by atoms with Gasteiger partial charge in [0, 0.05) is 11.6 Å². The van der Waals surface area contributed by atoms with Crippen molar-refractivity contribution in [2.75, 3.05) is 6.61 Å². The van der Waals surface area contributed by atoms with Crippen LogP contribution in [0, 0.1) is 0 Å². The highest BCUT2D eigenvalue weighted by Gasteiger charge is 2.09. The third-order valence-corrected chi connectivity index (χ3v) is 3.60. The highest BCUT2D eigenvalue weighted by Crippen LogP contribution is 2.25. The van der Waals surface area contributed by atoms with Gasteiger partial charge in [-0.1, -0.05) is 66.2 Å². The molecule has 0 bridgehead atoms. The van der Waals surface area contributed by atoms with Crippen molar-refractivity contribution in [2.24, 2.45) is 0 Å². The first-order valence-electron chi connectivity index (χ1n) is 6.87. The molecule has 0 aliphatic heterocycles. The van der Waals surface area contributed by atoms with Crippen molar-refractivity contribution in [2.45, 2.75) is 18.8 Å². The fraction of sp³-hybridized carbons (Fsp3) is 0.222. The van der Waals surface area contributed by atoms with Gasteiger partial charge in [-0.25, -0.2) is 0 Å². The number of hydrogen-bond acceptors (Lipinski definition) is 1. The van der Waals surface area contributed by atoms with Crippen molar-refractivity contribution >= 4 is 17.7 Å². The fourth-order valence-electron chi connectivity index (χ4n) is 2.24. The summed E-state index contributed by atoms with van der Waals surface area (Å²) in [5.41, 5.74) is 2.42. The zero-order valence-corrected chi connectivity index (χ0v) is 12.1. The first kappa shape index (κ1) is 14.8. The summed E-state index contributed by atoms with van der Waals surface area (Å²) in [6.45, 7) is 0.201. The molecule has 0 heterocycles. The highest BCUT2D eigenvalue weighted by atomic mass is 35.5. The molecule has 2 heteroatoms. The van der Waals surface area contributed by atoms with E-state index in [-0.39, 0.29) is 6.61 Å². The molecule has 0 saturated carbocycles. The molecule has 1 N–H and O–H groups in total. The summed E-state index contributed by atoms with van der Waals surface area (Å²) >= 11 is 5.91. The van der Waals surface area contributed by atoms with Gasteiger partial charge in [0.1, 0.15) is 0 Å². The summed E-state index contributed by atoms with van der Waals surface area (Å²) in [5.74, 6) is 0.331. The quantitative estimate of drug-likeness (QED) is 0.800. The van der Waals surface area contributed by atoms with Crippen LogP contribution in [0.5, 0.6) is 0 Å². The molecule has 2 rings (SSSR count). The SMILES string of the molecule is OCCC(CC=Cc1ccccc1)c1ccc(Cl)cc1. The summed E-state index contributed by atoms with van der Waals surface area (Å²) in [7, 11) is 0. The van der Waals surface area contributed by atoms with E-state index in [4.69, 9.17) is 11.6 Å². The molecule has 2 aromatic carbocycles. The van der Waals surface area contributed by atoms with Gasteiger partial charge < -0.3 is 5.11 Å². The maximum atomic E-state index is 9.22. The van der Waals surface area contributed by atoms with E-state index in [1.807, 2.05) is 42.5 Å². The molecule has 0 radical (unpaired) electrons. The molecule has 0 spiro atoms. The van der Waals surface area contributed by atoms with Gasteiger partial charge in [0.15, 0.2) is 0 Å². The molecule has 0 fully saturated rings. The number of benzene rings is 2. The molecule has 0 aliphatic rings. The maximum Gasteiger partial charge on any atom is 0.0436 e. The van der Waals surface area contributed by atoms with Gasteiger partial charge in [0.25, 0.3) is 0 Å². The Morgan fingerprint density at radius 3 is 2.35 bits per heavy atom. The standard InChI is InChI=1S/C18H19ClO/c19-18-11-9-17(10-12-18)16(13-14-20)8-4-7-15-5-2-1-3-6-15/h1-7,9-12,16,20H,8,13-14H2. The molecule has 20 heavy (non-hydrogen) atoms. The second-order valence-electron chi connectivity index (χ2n) is 4.81. The summed E-state index contributed by atoms with van der Waals surface area (Å²) in [5, 5.41) is 9.97. The van der Waals surface area contributed by atoms with Gasteiger partial charge in [0.05, 0.1) is 0 Å². The van der Waals surface area contributed by atoms with E-state index in [1.54, 1.807) is 0 Å². The number of rotatable bonds is 6. The molecule has 1 nitrogen and oxygen atoms in total. The van der Waals surface area contributed by atoms with Gasteiger partial charge in [-0.05, 0) is 42.0 Å². The van der Waals surface area contributed by atoms with E-state index >= 15 is 0 Å². The first-order chi connectivity index (χ1) is 9.79. The Morgan fingerprint density at radius 2 is 1.70 bits per heavy atom. The third-order valence-electron chi connectivity index (χ3n) is 3.35. The van der Waals surface area contributed by atoms with Crippen molar-refractivity contribution in [1.82, 2.24) is 0 Å². The molecular formula is C18H19ClO. The van der Waals surface area contributed by atoms with Crippen LogP contribution >= 0.6 is 11.6 Å². The first-order valence-corrected chi connectivity index (χ1v) is 7.25. The van der Waals surface area contributed by atoms with E-state index in [2.05, 4.69) is 24.3 Å². The lowest BCUT2D eigenvalue weighted by molar-refractivity contribution is 0.275. The Bertz CT molecular complexity index is 531. The van der Waals surface area contributed by atoms with Crippen LogP contribution in [-0.2, 0) is 0 Å². The fourth-order valence-corrected chi connectivity index (χ4v) is 2.37. The van der Waals surface area contributed by atoms with Crippen LogP contribution in [0.15, 0.2) is 60.7 Å². The van der Waals surface area contributed by atoms with E-state index in [0.29, 0.717) is 5.92 Å². The predicted octanol–water partition coefficient (Wildman–Crippen LogP) is 4.91. The van der Waals surface area contributed by atoms with E-state index in [1.165, 1.54) is 11.1 Å². The third kappa shape index (κ3) is 4.52. The zero-order valence-electron chi connectivity index (χ0n) is 11.4. The Morgan fingerprint density at radius 1 is 1.00 bits per heavy atom. The van der Waals surface area contributed by atoms with Gasteiger partial charge in [-0.15, -0.1) is 0 Å². The number of allylic oxidation sites excluding steroid dienone is 1. The van der Waals surface area contributed by atoms with Crippen LogP contribution in [-0.4, -0.2) is 11.7 Å². The normalized spacial score (nSPS) is 12.7. The van der Waals surface area contributed by atoms with Gasteiger partial charge in [-0.2, -0.15) is 0 Å². The molecular weight excluding hydrogens is 268 g/mol. The van der Waals surface area contributed by atoms with Crippen molar-refractivity contribution in [3.05, 3.63) is 76.8 Å². The average molecular weight is 287 g/mol. The van der Waals surface area contributed by atoms with E-state index in [9.17, 15) is 5.11 Å². The number of aliphatic hydroxyl groups excluding tert-OH is 1. The van der Waals surface area contributed by atoms with Crippen LogP contribution in [0.25, 0.3) is 6.08 Å². The van der Waals surface area contributed by atoms with Crippen LogP contribution in [0.2, 0.25) is 5.02 Å². The minimum atomic E-state index is 0.201. The van der Waals surface area contributed by atoms with Gasteiger partial charge in [-0.3, -0.25) is 0 Å². The van der Waals surface area contributed by atoms with E-state index < -0.39 is 0 Å². The smallest absolute Gasteiger partial charge is 0.0436 e. The summed E-state index contributed by atoms with van der Waals surface area (Å²) < 4.78 is 0. The van der Waals surface area contributed by atoms with Crippen LogP contribution in [0.3, 0.4) is 0 Å². The van der Waals surface area contributed by atoms with Gasteiger partial charge >= 0.3 is 0 Å². The lowest BCUT2D eigenvalue weighted by Crippen LogP contribution is -2.00. The lowest BCUT2D eigenvalue weighted by atomic mass is 9.92. The molecule has 1 atom stereocenters. The second kappa shape index (κ2) is 7.88. The Labute approximate surface area is 125 Å². The lowest BCUT2D eigenvalue weighted by Gasteiger charge is -2.14. The number of hydrogen-bond donors (Lipinski definition) is 1. The Kier molecular flexibility index (Phi) is 5.85. The predicted molar refractivity (Wildman–Crippen MR) is 86.0 cm³/mol. The Hall–Kier alpha value is -1.57. The van der Waals surface area contributed by atoms with Crippen molar-refractivity contribution in [3.63, 3.8) is 0 Å². The maximum absolute atomic E-state index is 9.22. The second-order valence-corrected chi connectivity index (χ2v) is 5.25. The highest BCUT2D eigenvalue weighted by molar-refractivity contribution is 6.30. The van der Waals surface area contributed by atoms with Crippen molar-refractivity contribution in [3.8, 4) is 0 Å². The molecule has 0 saturated heterocycles. The summed E-state index contributed by atoms with van der Waals surface area (Å²) in [4.78, 5) is 0.